The Morgan fingerprint density at radius 3 is 1.89 bits per heavy atom. The molecule has 0 saturated heterocycles. The van der Waals surface area contributed by atoms with Crippen LogP contribution in [0.4, 0.5) is 30.7 Å². The lowest BCUT2D eigenvalue weighted by atomic mass is 10.0. The molecule has 0 spiro atoms. The molecule has 0 aliphatic rings. The summed E-state index contributed by atoms with van der Waals surface area (Å²) in [5.41, 5.74) is 2.11. The summed E-state index contributed by atoms with van der Waals surface area (Å²) in [4.78, 5) is 0. The summed E-state index contributed by atoms with van der Waals surface area (Å²) in [5.74, 6) is -1.64. The highest BCUT2D eigenvalue weighted by molar-refractivity contribution is 5.85. The lowest BCUT2D eigenvalue weighted by Crippen LogP contribution is -2.28. The summed E-state index contributed by atoms with van der Waals surface area (Å²) >= 11 is 0. The van der Waals surface area contributed by atoms with Crippen LogP contribution in [0, 0.1) is 5.82 Å². The zero-order valence-electron chi connectivity index (χ0n) is 8.44. The molecule has 0 radical (unpaired) electrons. The fraction of sp³-hybridized carbons (Fsp3) is 0.333. The highest BCUT2D eigenvalue weighted by Gasteiger charge is 2.40. The third kappa shape index (κ3) is 3.74. The Morgan fingerprint density at radius 1 is 1.00 bits per heavy atom. The number of hydrogen-bond acceptors (Lipinski definition) is 1. The first-order valence-corrected chi connectivity index (χ1v) is 4.22. The lowest BCUT2D eigenvalue weighted by Gasteiger charge is -2.17. The predicted octanol–water partition coefficient (Wildman–Crippen LogP) is 3.83. The lowest BCUT2D eigenvalue weighted by molar-refractivity contribution is -0.150. The van der Waals surface area contributed by atoms with Crippen molar-refractivity contribution in [2.45, 2.75) is 18.4 Å². The molecule has 18 heavy (non-hydrogen) atoms. The van der Waals surface area contributed by atoms with Crippen LogP contribution < -0.4 is 5.73 Å². The van der Waals surface area contributed by atoms with Crippen LogP contribution in [0.25, 0.3) is 0 Å². The van der Waals surface area contributed by atoms with Gasteiger partial charge in [-0.15, -0.1) is 12.4 Å². The first kappa shape index (κ1) is 17.0. The predicted molar refractivity (Wildman–Crippen MR) is 51.6 cm³/mol. The maximum Gasteiger partial charge on any atom is 0.419 e. The Bertz CT molecular complexity index is 412. The molecule has 0 unspecified atom stereocenters. The van der Waals surface area contributed by atoms with Gasteiger partial charge in [0.2, 0.25) is 0 Å². The second kappa shape index (κ2) is 5.31. The van der Waals surface area contributed by atoms with Crippen LogP contribution in [0.1, 0.15) is 17.2 Å². The molecule has 1 nitrogen and oxygen atoms in total. The van der Waals surface area contributed by atoms with Crippen molar-refractivity contribution >= 4 is 12.4 Å². The van der Waals surface area contributed by atoms with Gasteiger partial charge in [-0.25, -0.2) is 4.39 Å². The molecular formula is C9H7ClF7N. The molecule has 9 heteroatoms. The smallest absolute Gasteiger partial charge is 0.316 e. The van der Waals surface area contributed by atoms with Crippen LogP contribution in [-0.2, 0) is 6.18 Å². The number of nitrogens with two attached hydrogens (primary N) is 1. The minimum atomic E-state index is -5.06. The maximum absolute atomic E-state index is 12.8. The van der Waals surface area contributed by atoms with Gasteiger partial charge < -0.3 is 5.73 Å². The Balaban J connectivity index is 0.00000289. The molecule has 0 amide bonds. The van der Waals surface area contributed by atoms with E-state index < -0.39 is 35.3 Å². The molecule has 104 valence electrons. The van der Waals surface area contributed by atoms with Crippen molar-refractivity contribution in [1.29, 1.82) is 0 Å². The molecule has 2 N–H and O–H groups in total. The van der Waals surface area contributed by atoms with E-state index in [1.54, 1.807) is 0 Å². The molecule has 0 aliphatic heterocycles. The molecular weight excluding hydrogens is 291 g/mol. The Labute approximate surface area is 103 Å². The van der Waals surface area contributed by atoms with Crippen LogP contribution in [-0.4, -0.2) is 6.18 Å². The maximum atomic E-state index is 12.8. The van der Waals surface area contributed by atoms with E-state index >= 15 is 0 Å². The fourth-order valence-electron chi connectivity index (χ4n) is 1.14. The SMILES string of the molecule is Cl.N[C@H](c1ccc(F)c(C(F)(F)F)c1)C(F)(F)F. The molecule has 1 rings (SSSR count). The number of rotatable bonds is 1. The molecule has 0 fully saturated rings. The largest absolute Gasteiger partial charge is 0.419 e. The zero-order chi connectivity index (χ0) is 13.4. The third-order valence-electron chi connectivity index (χ3n) is 2.01. The van der Waals surface area contributed by atoms with Crippen molar-refractivity contribution in [3.63, 3.8) is 0 Å². The number of benzene rings is 1. The quantitative estimate of drug-likeness (QED) is 0.783. The zero-order valence-corrected chi connectivity index (χ0v) is 9.26. The monoisotopic (exact) mass is 297 g/mol. The second-order valence-corrected chi connectivity index (χ2v) is 3.26. The van der Waals surface area contributed by atoms with Gasteiger partial charge >= 0.3 is 12.4 Å². The summed E-state index contributed by atoms with van der Waals surface area (Å²) in [6, 6.07) is -1.64. The van der Waals surface area contributed by atoms with Crippen molar-refractivity contribution in [1.82, 2.24) is 0 Å². The van der Waals surface area contributed by atoms with E-state index in [4.69, 9.17) is 5.73 Å². The Kier molecular flexibility index (Phi) is 5.01. The average Bonchev–Trinajstić information content (AvgIpc) is 2.14. The number of halogens is 8. The van der Waals surface area contributed by atoms with Gasteiger partial charge in [-0.2, -0.15) is 26.3 Å². The summed E-state index contributed by atoms with van der Waals surface area (Å²) in [6.07, 6.45) is -9.95. The fourth-order valence-corrected chi connectivity index (χ4v) is 1.14. The van der Waals surface area contributed by atoms with Gasteiger partial charge in [0.1, 0.15) is 11.9 Å². The van der Waals surface area contributed by atoms with Gasteiger partial charge in [0.15, 0.2) is 0 Å². The van der Waals surface area contributed by atoms with Crippen molar-refractivity contribution in [2.24, 2.45) is 5.73 Å². The van der Waals surface area contributed by atoms with Gasteiger partial charge in [0.05, 0.1) is 5.56 Å². The highest BCUT2D eigenvalue weighted by Crippen LogP contribution is 2.36. The Hall–Kier alpha value is -1.02. The number of hydrogen-bond donors (Lipinski definition) is 1. The average molecular weight is 298 g/mol. The van der Waals surface area contributed by atoms with E-state index in [1.807, 2.05) is 0 Å². The minimum Gasteiger partial charge on any atom is -0.316 e. The Morgan fingerprint density at radius 2 is 1.50 bits per heavy atom. The van der Waals surface area contributed by atoms with Crippen LogP contribution in [0.3, 0.4) is 0 Å². The van der Waals surface area contributed by atoms with E-state index in [2.05, 4.69) is 0 Å². The van der Waals surface area contributed by atoms with Crippen molar-refractivity contribution in [3.8, 4) is 0 Å². The molecule has 1 atom stereocenters. The van der Waals surface area contributed by atoms with E-state index in [0.29, 0.717) is 12.1 Å². The van der Waals surface area contributed by atoms with Gasteiger partial charge in [-0.3, -0.25) is 0 Å². The van der Waals surface area contributed by atoms with Crippen molar-refractivity contribution in [2.75, 3.05) is 0 Å². The van der Waals surface area contributed by atoms with Gasteiger partial charge in [-0.1, -0.05) is 6.07 Å². The topological polar surface area (TPSA) is 26.0 Å². The summed E-state index contributed by atoms with van der Waals surface area (Å²) in [6.45, 7) is 0. The van der Waals surface area contributed by atoms with Crippen molar-refractivity contribution in [3.05, 3.63) is 35.1 Å². The van der Waals surface area contributed by atoms with Crippen molar-refractivity contribution < 1.29 is 30.7 Å². The molecule has 0 aromatic heterocycles. The molecule has 1 aromatic carbocycles. The van der Waals surface area contributed by atoms with E-state index in [0.717, 1.165) is 0 Å². The van der Waals surface area contributed by atoms with E-state index in [-0.39, 0.29) is 18.5 Å². The van der Waals surface area contributed by atoms with Gasteiger partial charge in [0.25, 0.3) is 0 Å². The summed E-state index contributed by atoms with van der Waals surface area (Å²) < 4.78 is 86.0. The number of alkyl halides is 6. The highest BCUT2D eigenvalue weighted by atomic mass is 35.5. The normalized spacial score (nSPS) is 14.0. The molecule has 0 bridgehead atoms. The molecule has 0 saturated carbocycles. The first-order chi connectivity index (χ1) is 7.53. The summed E-state index contributed by atoms with van der Waals surface area (Å²) in [7, 11) is 0. The van der Waals surface area contributed by atoms with Crippen LogP contribution in [0.15, 0.2) is 18.2 Å². The van der Waals surface area contributed by atoms with Gasteiger partial charge in [0, 0.05) is 0 Å². The molecule has 0 aliphatic carbocycles. The minimum absolute atomic E-state index is 0. The van der Waals surface area contributed by atoms with Crippen LogP contribution >= 0.6 is 12.4 Å². The van der Waals surface area contributed by atoms with E-state index in [9.17, 15) is 30.7 Å². The van der Waals surface area contributed by atoms with Gasteiger partial charge in [-0.05, 0) is 17.7 Å². The first-order valence-electron chi connectivity index (χ1n) is 4.22. The summed E-state index contributed by atoms with van der Waals surface area (Å²) in [5, 5.41) is 0. The van der Waals surface area contributed by atoms with E-state index in [1.165, 1.54) is 0 Å². The standard InChI is InChI=1S/C9H6F7N.ClH/c10-6-2-1-4(7(17)9(14,15)16)3-5(6)8(11,12)13;/h1-3,7H,17H2;1H/t7-;/m1./s1. The van der Waals surface area contributed by atoms with Crippen LogP contribution in [0.2, 0.25) is 0 Å². The molecule has 1 aromatic rings. The van der Waals surface area contributed by atoms with Crippen LogP contribution in [0.5, 0.6) is 0 Å². The molecule has 0 heterocycles. The second-order valence-electron chi connectivity index (χ2n) is 3.26. The third-order valence-corrected chi connectivity index (χ3v) is 2.01.